The smallest absolute Gasteiger partial charge is 0.228 e. The zero-order chi connectivity index (χ0) is 18.6. The molecular weight excluding hydrogens is 332 g/mol. The van der Waals surface area contributed by atoms with E-state index in [1.165, 1.54) is 0 Å². The number of rotatable bonds is 4. The fourth-order valence-electron chi connectivity index (χ4n) is 3.41. The standard InChI is InChI=1S/C24H20N2O/c1-17-21(16-23(27)26-19-12-6-3-7-13-19)24(18-10-4-2-5-11-18)20-14-8-9-15-22(20)25-17/h2-15H,16H2,1H3,(H,26,27). The second-order valence-electron chi connectivity index (χ2n) is 6.52. The van der Waals surface area contributed by atoms with Crippen LogP contribution in [0.1, 0.15) is 11.3 Å². The molecule has 0 aliphatic rings. The van der Waals surface area contributed by atoms with Gasteiger partial charge in [0.15, 0.2) is 0 Å². The topological polar surface area (TPSA) is 42.0 Å². The van der Waals surface area contributed by atoms with Crippen LogP contribution in [0.25, 0.3) is 22.0 Å². The van der Waals surface area contributed by atoms with E-state index in [1.54, 1.807) is 0 Å². The molecule has 0 spiro atoms. The average Bonchev–Trinajstić information content (AvgIpc) is 2.70. The van der Waals surface area contributed by atoms with Crippen LogP contribution in [0.4, 0.5) is 5.69 Å². The molecule has 3 heteroatoms. The van der Waals surface area contributed by atoms with Gasteiger partial charge in [0.1, 0.15) is 0 Å². The number of benzene rings is 3. The summed E-state index contributed by atoms with van der Waals surface area (Å²) in [5.74, 6) is -0.0430. The molecule has 1 aromatic heterocycles. The van der Waals surface area contributed by atoms with E-state index >= 15 is 0 Å². The van der Waals surface area contributed by atoms with Crippen LogP contribution in [-0.2, 0) is 11.2 Å². The molecular formula is C24H20N2O. The molecule has 4 aromatic rings. The van der Waals surface area contributed by atoms with Gasteiger partial charge in [0, 0.05) is 16.8 Å². The number of anilines is 1. The lowest BCUT2D eigenvalue weighted by Crippen LogP contribution is -2.16. The van der Waals surface area contributed by atoms with Crippen molar-refractivity contribution in [1.29, 1.82) is 0 Å². The third-order valence-electron chi connectivity index (χ3n) is 4.66. The molecule has 3 nitrogen and oxygen atoms in total. The molecule has 0 bridgehead atoms. The van der Waals surface area contributed by atoms with Crippen molar-refractivity contribution < 1.29 is 4.79 Å². The number of pyridine rings is 1. The number of para-hydroxylation sites is 2. The Hall–Kier alpha value is -3.46. The maximum absolute atomic E-state index is 12.7. The summed E-state index contributed by atoms with van der Waals surface area (Å²) in [7, 11) is 0. The fraction of sp³-hybridized carbons (Fsp3) is 0.0833. The molecule has 3 aromatic carbocycles. The highest BCUT2D eigenvalue weighted by Gasteiger charge is 2.17. The average molecular weight is 352 g/mol. The Kier molecular flexibility index (Phi) is 4.67. The predicted molar refractivity (Wildman–Crippen MR) is 111 cm³/mol. The monoisotopic (exact) mass is 352 g/mol. The van der Waals surface area contributed by atoms with Crippen molar-refractivity contribution in [3.63, 3.8) is 0 Å². The third-order valence-corrected chi connectivity index (χ3v) is 4.66. The van der Waals surface area contributed by atoms with Crippen LogP contribution in [0.2, 0.25) is 0 Å². The Morgan fingerprint density at radius 3 is 2.22 bits per heavy atom. The Morgan fingerprint density at radius 1 is 0.852 bits per heavy atom. The number of carbonyl (C=O) groups excluding carboxylic acids is 1. The lowest BCUT2D eigenvalue weighted by molar-refractivity contribution is -0.115. The molecule has 0 aliphatic carbocycles. The molecule has 0 atom stereocenters. The Labute approximate surface area is 158 Å². The van der Waals surface area contributed by atoms with Gasteiger partial charge in [0.2, 0.25) is 5.91 Å². The largest absolute Gasteiger partial charge is 0.326 e. The van der Waals surface area contributed by atoms with Gasteiger partial charge in [0.05, 0.1) is 11.9 Å². The van der Waals surface area contributed by atoms with Gasteiger partial charge in [-0.15, -0.1) is 0 Å². The maximum atomic E-state index is 12.7. The van der Waals surface area contributed by atoms with E-state index in [-0.39, 0.29) is 12.3 Å². The van der Waals surface area contributed by atoms with E-state index in [0.29, 0.717) is 0 Å². The second kappa shape index (κ2) is 7.42. The molecule has 0 radical (unpaired) electrons. The van der Waals surface area contributed by atoms with Crippen molar-refractivity contribution in [3.05, 3.63) is 96.2 Å². The third kappa shape index (κ3) is 3.58. The molecule has 0 fully saturated rings. The summed E-state index contributed by atoms with van der Waals surface area (Å²) in [5.41, 5.74) is 5.78. The Balaban J connectivity index is 1.80. The lowest BCUT2D eigenvalue weighted by atomic mass is 9.92. The van der Waals surface area contributed by atoms with Crippen molar-refractivity contribution >= 4 is 22.5 Å². The van der Waals surface area contributed by atoms with Gasteiger partial charge in [0.25, 0.3) is 0 Å². The molecule has 4 rings (SSSR count). The van der Waals surface area contributed by atoms with Crippen molar-refractivity contribution in [3.8, 4) is 11.1 Å². The first-order valence-corrected chi connectivity index (χ1v) is 9.01. The minimum Gasteiger partial charge on any atom is -0.326 e. The summed E-state index contributed by atoms with van der Waals surface area (Å²) in [6.45, 7) is 1.98. The van der Waals surface area contributed by atoms with E-state index in [9.17, 15) is 4.79 Å². The number of hydrogen-bond acceptors (Lipinski definition) is 2. The summed E-state index contributed by atoms with van der Waals surface area (Å²) in [5, 5.41) is 4.04. The van der Waals surface area contributed by atoms with E-state index in [2.05, 4.69) is 23.5 Å². The van der Waals surface area contributed by atoms with Gasteiger partial charge in [-0.1, -0.05) is 66.7 Å². The number of hydrogen-bond donors (Lipinski definition) is 1. The Morgan fingerprint density at radius 2 is 1.48 bits per heavy atom. The highest BCUT2D eigenvalue weighted by atomic mass is 16.1. The van der Waals surface area contributed by atoms with Gasteiger partial charge < -0.3 is 5.32 Å². The lowest BCUT2D eigenvalue weighted by Gasteiger charge is -2.16. The highest BCUT2D eigenvalue weighted by Crippen LogP contribution is 2.33. The molecule has 1 heterocycles. The second-order valence-corrected chi connectivity index (χ2v) is 6.52. The number of aryl methyl sites for hydroxylation is 1. The first-order chi connectivity index (χ1) is 13.2. The quantitative estimate of drug-likeness (QED) is 0.535. The summed E-state index contributed by atoms with van der Waals surface area (Å²) in [4.78, 5) is 17.5. The van der Waals surface area contributed by atoms with Gasteiger partial charge in [-0.3, -0.25) is 9.78 Å². The Bertz CT molecular complexity index is 1090. The van der Waals surface area contributed by atoms with Crippen LogP contribution in [0, 0.1) is 6.92 Å². The van der Waals surface area contributed by atoms with Gasteiger partial charge in [-0.25, -0.2) is 0 Å². The maximum Gasteiger partial charge on any atom is 0.228 e. The number of carbonyl (C=O) groups is 1. The van der Waals surface area contributed by atoms with Crippen molar-refractivity contribution in [1.82, 2.24) is 4.98 Å². The molecule has 1 N–H and O–H groups in total. The van der Waals surface area contributed by atoms with Crippen LogP contribution >= 0.6 is 0 Å². The van der Waals surface area contributed by atoms with Crippen LogP contribution < -0.4 is 5.32 Å². The van der Waals surface area contributed by atoms with E-state index in [4.69, 9.17) is 4.98 Å². The van der Waals surface area contributed by atoms with Crippen molar-refractivity contribution in [2.75, 3.05) is 5.32 Å². The minimum absolute atomic E-state index is 0.0430. The SMILES string of the molecule is Cc1nc2ccccc2c(-c2ccccc2)c1CC(=O)Nc1ccccc1. The van der Waals surface area contributed by atoms with E-state index in [1.807, 2.05) is 73.7 Å². The number of nitrogens with zero attached hydrogens (tertiary/aromatic N) is 1. The molecule has 0 saturated carbocycles. The highest BCUT2D eigenvalue weighted by molar-refractivity contribution is 6.00. The molecule has 1 amide bonds. The molecule has 132 valence electrons. The summed E-state index contributed by atoms with van der Waals surface area (Å²) < 4.78 is 0. The van der Waals surface area contributed by atoms with Crippen molar-refractivity contribution in [2.45, 2.75) is 13.3 Å². The molecule has 0 unspecified atom stereocenters. The number of fused-ring (bicyclic) bond motifs is 1. The van der Waals surface area contributed by atoms with Gasteiger partial charge in [-0.05, 0) is 41.8 Å². The normalized spacial score (nSPS) is 10.7. The zero-order valence-corrected chi connectivity index (χ0v) is 15.1. The predicted octanol–water partition coefficient (Wildman–Crippen LogP) is 5.39. The molecule has 27 heavy (non-hydrogen) atoms. The van der Waals surface area contributed by atoms with Gasteiger partial charge >= 0.3 is 0 Å². The zero-order valence-electron chi connectivity index (χ0n) is 15.1. The first-order valence-electron chi connectivity index (χ1n) is 9.01. The number of nitrogens with one attached hydrogen (secondary N) is 1. The molecule has 0 aliphatic heterocycles. The first kappa shape index (κ1) is 17.0. The fourth-order valence-corrected chi connectivity index (χ4v) is 3.41. The van der Waals surface area contributed by atoms with Crippen LogP contribution in [0.15, 0.2) is 84.9 Å². The van der Waals surface area contributed by atoms with E-state index in [0.717, 1.165) is 39.0 Å². The molecule has 0 saturated heterocycles. The summed E-state index contributed by atoms with van der Waals surface area (Å²) in [6, 6.07) is 27.8. The summed E-state index contributed by atoms with van der Waals surface area (Å²) >= 11 is 0. The number of aromatic nitrogens is 1. The minimum atomic E-state index is -0.0430. The van der Waals surface area contributed by atoms with Crippen LogP contribution in [-0.4, -0.2) is 10.9 Å². The van der Waals surface area contributed by atoms with Crippen molar-refractivity contribution in [2.24, 2.45) is 0 Å². The van der Waals surface area contributed by atoms with Crippen LogP contribution in [0.3, 0.4) is 0 Å². The summed E-state index contributed by atoms with van der Waals surface area (Å²) in [6.07, 6.45) is 0.281. The van der Waals surface area contributed by atoms with Gasteiger partial charge in [-0.2, -0.15) is 0 Å². The van der Waals surface area contributed by atoms with Crippen LogP contribution in [0.5, 0.6) is 0 Å². The van der Waals surface area contributed by atoms with E-state index < -0.39 is 0 Å². The number of amides is 1.